The molecule has 0 aliphatic rings. The third kappa shape index (κ3) is 2.94. The molecule has 0 heterocycles. The summed E-state index contributed by atoms with van der Waals surface area (Å²) in [7, 11) is 3.76. The predicted molar refractivity (Wildman–Crippen MR) is 63.8 cm³/mol. The molecule has 0 bridgehead atoms. The summed E-state index contributed by atoms with van der Waals surface area (Å²) in [6.07, 6.45) is 0. The third-order valence-corrected chi connectivity index (χ3v) is 2.42. The quantitative estimate of drug-likeness (QED) is 0.358. The van der Waals surface area contributed by atoms with Crippen molar-refractivity contribution in [3.8, 4) is 11.5 Å². The maximum Gasteiger partial charge on any atom is 0.308 e. The van der Waals surface area contributed by atoms with Crippen LogP contribution in [0, 0.1) is 0 Å². The molecule has 1 aromatic carbocycles. The fourth-order valence-electron chi connectivity index (χ4n) is 1.14. The van der Waals surface area contributed by atoms with Gasteiger partial charge in [0, 0.05) is 17.8 Å². The van der Waals surface area contributed by atoms with Crippen LogP contribution in [0.2, 0.25) is 0 Å². The van der Waals surface area contributed by atoms with E-state index in [9.17, 15) is 9.59 Å². The average Bonchev–Trinajstić information content (AvgIpc) is 2.19. The summed E-state index contributed by atoms with van der Waals surface area (Å²) in [4.78, 5) is 21.9. The zero-order valence-electron chi connectivity index (χ0n) is 8.74. The topological polar surface area (TPSA) is 52.6 Å². The van der Waals surface area contributed by atoms with E-state index in [2.05, 4.69) is 9.24 Å². The first-order valence-electron chi connectivity index (χ1n) is 4.31. The first kappa shape index (κ1) is 12.9. The van der Waals surface area contributed by atoms with E-state index in [4.69, 9.17) is 21.1 Å². The van der Waals surface area contributed by atoms with Crippen LogP contribution in [-0.4, -0.2) is 18.3 Å². The first-order chi connectivity index (χ1) is 7.45. The van der Waals surface area contributed by atoms with Crippen molar-refractivity contribution < 1.29 is 19.1 Å². The highest BCUT2D eigenvalue weighted by molar-refractivity contribution is 7.27. The van der Waals surface area contributed by atoms with Crippen LogP contribution in [0.3, 0.4) is 0 Å². The van der Waals surface area contributed by atoms with E-state index in [1.807, 2.05) is 0 Å². The SMILES string of the molecule is COc1cc(C(=O)Cl)cc(P)c1OC(C)=O. The van der Waals surface area contributed by atoms with Crippen molar-refractivity contribution in [3.63, 3.8) is 0 Å². The second kappa shape index (κ2) is 5.28. The zero-order valence-corrected chi connectivity index (χ0v) is 10.7. The smallest absolute Gasteiger partial charge is 0.308 e. The molecule has 0 aromatic heterocycles. The molecule has 6 heteroatoms. The Kier molecular flexibility index (Phi) is 4.27. The average molecular weight is 261 g/mol. The lowest BCUT2D eigenvalue weighted by Crippen LogP contribution is -2.11. The molecule has 0 saturated heterocycles. The molecule has 0 aliphatic heterocycles. The first-order valence-corrected chi connectivity index (χ1v) is 5.27. The number of esters is 1. The summed E-state index contributed by atoms with van der Waals surface area (Å²) in [5.41, 5.74) is 0.277. The Balaban J connectivity index is 3.28. The van der Waals surface area contributed by atoms with Gasteiger partial charge in [-0.1, -0.05) is 0 Å². The van der Waals surface area contributed by atoms with E-state index in [-0.39, 0.29) is 17.1 Å². The van der Waals surface area contributed by atoms with Crippen LogP contribution in [0.4, 0.5) is 0 Å². The molecule has 1 aromatic rings. The zero-order chi connectivity index (χ0) is 12.3. The maximum atomic E-state index is 11.0. The molecule has 0 fully saturated rings. The Hall–Kier alpha value is -1.12. The van der Waals surface area contributed by atoms with Gasteiger partial charge in [0.05, 0.1) is 7.11 Å². The van der Waals surface area contributed by atoms with Gasteiger partial charge in [0.2, 0.25) is 0 Å². The van der Waals surface area contributed by atoms with Gasteiger partial charge in [0.1, 0.15) is 0 Å². The van der Waals surface area contributed by atoms with Gasteiger partial charge in [-0.15, -0.1) is 9.24 Å². The minimum atomic E-state index is -0.601. The highest BCUT2D eigenvalue weighted by Crippen LogP contribution is 2.28. The molecular formula is C10H10ClO4P. The summed E-state index contributed by atoms with van der Waals surface area (Å²) < 4.78 is 9.98. The summed E-state index contributed by atoms with van der Waals surface area (Å²) >= 11 is 5.35. The van der Waals surface area contributed by atoms with E-state index in [0.29, 0.717) is 5.30 Å². The lowest BCUT2D eigenvalue weighted by molar-refractivity contribution is -0.131. The van der Waals surface area contributed by atoms with E-state index in [1.54, 1.807) is 0 Å². The lowest BCUT2D eigenvalue weighted by atomic mass is 10.2. The molecule has 1 rings (SSSR count). The molecule has 1 atom stereocenters. The molecule has 16 heavy (non-hydrogen) atoms. The summed E-state index contributed by atoms with van der Waals surface area (Å²) in [6, 6.07) is 2.92. The number of ether oxygens (including phenoxy) is 2. The van der Waals surface area contributed by atoms with E-state index in [1.165, 1.54) is 26.2 Å². The van der Waals surface area contributed by atoms with Gasteiger partial charge in [-0.25, -0.2) is 0 Å². The third-order valence-electron chi connectivity index (χ3n) is 1.78. The molecule has 0 radical (unpaired) electrons. The number of carbonyl (C=O) groups excluding carboxylic acids is 2. The second-order valence-electron chi connectivity index (χ2n) is 2.96. The fourth-order valence-corrected chi connectivity index (χ4v) is 1.63. The maximum absolute atomic E-state index is 11.0. The number of methoxy groups -OCH3 is 1. The van der Waals surface area contributed by atoms with Crippen LogP contribution >= 0.6 is 20.8 Å². The minimum absolute atomic E-state index is 0.265. The highest BCUT2D eigenvalue weighted by atomic mass is 35.5. The van der Waals surface area contributed by atoms with E-state index >= 15 is 0 Å². The summed E-state index contributed by atoms with van der Waals surface area (Å²) in [5.74, 6) is 0.0836. The lowest BCUT2D eigenvalue weighted by Gasteiger charge is -2.11. The molecule has 4 nitrogen and oxygen atoms in total. The molecule has 0 N–H and O–H groups in total. The number of carbonyl (C=O) groups is 2. The minimum Gasteiger partial charge on any atom is -0.493 e. The summed E-state index contributed by atoms with van der Waals surface area (Å²) in [5, 5.41) is -0.0741. The number of benzene rings is 1. The van der Waals surface area contributed by atoms with Crippen LogP contribution < -0.4 is 14.8 Å². The summed E-state index contributed by atoms with van der Waals surface area (Å²) in [6.45, 7) is 1.28. The van der Waals surface area contributed by atoms with Crippen molar-refractivity contribution in [1.82, 2.24) is 0 Å². The normalized spacial score (nSPS) is 9.75. The second-order valence-corrected chi connectivity index (χ2v) is 3.93. The Morgan fingerprint density at radius 1 is 1.38 bits per heavy atom. The Morgan fingerprint density at radius 2 is 2.00 bits per heavy atom. The van der Waals surface area contributed by atoms with Gasteiger partial charge in [0.25, 0.3) is 5.24 Å². The van der Waals surface area contributed by atoms with Crippen LogP contribution in [0.5, 0.6) is 11.5 Å². The van der Waals surface area contributed by atoms with Crippen molar-refractivity contribution in [2.75, 3.05) is 7.11 Å². The van der Waals surface area contributed by atoms with Gasteiger partial charge < -0.3 is 9.47 Å². The Labute approximate surface area is 100 Å². The molecule has 86 valence electrons. The van der Waals surface area contributed by atoms with Crippen molar-refractivity contribution in [1.29, 1.82) is 0 Å². The Bertz CT molecular complexity index is 445. The van der Waals surface area contributed by atoms with Crippen molar-refractivity contribution >= 4 is 37.4 Å². The van der Waals surface area contributed by atoms with Gasteiger partial charge in [-0.3, -0.25) is 9.59 Å². The predicted octanol–water partition coefficient (Wildman–Crippen LogP) is 1.50. The van der Waals surface area contributed by atoms with Crippen molar-refractivity contribution in [2.45, 2.75) is 6.92 Å². The molecule has 1 unspecified atom stereocenters. The van der Waals surface area contributed by atoms with E-state index in [0.717, 1.165) is 0 Å². The van der Waals surface area contributed by atoms with Gasteiger partial charge in [-0.2, -0.15) is 0 Å². The van der Waals surface area contributed by atoms with Crippen LogP contribution in [0.1, 0.15) is 17.3 Å². The number of hydrogen-bond acceptors (Lipinski definition) is 4. The van der Waals surface area contributed by atoms with Crippen molar-refractivity contribution in [3.05, 3.63) is 17.7 Å². The van der Waals surface area contributed by atoms with Crippen molar-refractivity contribution in [2.24, 2.45) is 0 Å². The standard InChI is InChI=1S/C10H10ClO4P/c1-5(12)15-9-7(14-2)3-6(10(11)13)4-8(9)16/h3-4H,16H2,1-2H3. The number of halogens is 1. The fraction of sp³-hybridized carbons (Fsp3) is 0.200. The van der Waals surface area contributed by atoms with Gasteiger partial charge >= 0.3 is 5.97 Å². The molecule has 0 amide bonds. The van der Waals surface area contributed by atoms with Crippen LogP contribution in [0.25, 0.3) is 0 Å². The molecule has 0 saturated carbocycles. The monoisotopic (exact) mass is 260 g/mol. The van der Waals surface area contributed by atoms with Crippen LogP contribution in [-0.2, 0) is 4.79 Å². The van der Waals surface area contributed by atoms with E-state index < -0.39 is 11.2 Å². The molecule has 0 aliphatic carbocycles. The molecule has 0 spiro atoms. The number of rotatable bonds is 3. The number of hydrogen-bond donors (Lipinski definition) is 0. The Morgan fingerprint density at radius 3 is 2.44 bits per heavy atom. The largest absolute Gasteiger partial charge is 0.493 e. The molecular weight excluding hydrogens is 251 g/mol. The van der Waals surface area contributed by atoms with Crippen LogP contribution in [0.15, 0.2) is 12.1 Å². The van der Waals surface area contributed by atoms with Gasteiger partial charge in [0.15, 0.2) is 11.5 Å². The highest BCUT2D eigenvalue weighted by Gasteiger charge is 2.14. The van der Waals surface area contributed by atoms with Gasteiger partial charge in [-0.05, 0) is 23.7 Å².